The number of pyridine rings is 2. The summed E-state index contributed by atoms with van der Waals surface area (Å²) in [4.78, 5) is 16.8. The van der Waals surface area contributed by atoms with E-state index in [1.54, 1.807) is 0 Å². The van der Waals surface area contributed by atoms with Crippen LogP contribution in [0.4, 0.5) is 0 Å². The number of benzene rings is 3. The molecule has 150 valence electrons. The number of aromatic nitrogens is 2. The highest BCUT2D eigenvalue weighted by atomic mass is 16.1. The van der Waals surface area contributed by atoms with E-state index in [4.69, 9.17) is 0 Å². The number of amides is 1. The quantitative estimate of drug-likeness (QED) is 0.254. The second-order valence-electron chi connectivity index (χ2n) is 9.05. The molecule has 0 atom stereocenters. The van der Waals surface area contributed by atoms with Gasteiger partial charge in [0, 0.05) is 35.7 Å². The number of carbonyl (C=O) groups is 1. The first-order valence-corrected chi connectivity index (χ1v) is 10.2. The van der Waals surface area contributed by atoms with E-state index in [9.17, 15) is 4.79 Å². The van der Waals surface area contributed by atoms with Gasteiger partial charge >= 0.3 is 0 Å². The molecule has 30 heavy (non-hydrogen) atoms. The van der Waals surface area contributed by atoms with Crippen LogP contribution in [0.25, 0.3) is 43.6 Å². The van der Waals surface area contributed by atoms with E-state index >= 15 is 0 Å². The van der Waals surface area contributed by atoms with Gasteiger partial charge in [0.15, 0.2) is 0 Å². The fourth-order valence-electron chi connectivity index (χ4n) is 4.37. The van der Waals surface area contributed by atoms with E-state index in [1.165, 1.54) is 32.7 Å². The van der Waals surface area contributed by atoms with Gasteiger partial charge in [-0.2, -0.15) is 0 Å². The van der Waals surface area contributed by atoms with E-state index < -0.39 is 5.41 Å². The van der Waals surface area contributed by atoms with Crippen LogP contribution in [-0.4, -0.2) is 15.0 Å². The van der Waals surface area contributed by atoms with Crippen molar-refractivity contribution < 1.29 is 4.79 Å². The molecule has 0 fully saturated rings. The fourth-order valence-corrected chi connectivity index (χ4v) is 4.37. The summed E-state index contributed by atoms with van der Waals surface area (Å²) in [6, 6.07) is 21.1. The summed E-state index contributed by atoms with van der Waals surface area (Å²) < 4.78 is 4.51. The van der Waals surface area contributed by atoms with Gasteiger partial charge in [0.05, 0.1) is 27.4 Å². The van der Waals surface area contributed by atoms with Gasteiger partial charge in [-0.05, 0) is 29.7 Å². The molecule has 3 aromatic carbocycles. The predicted molar refractivity (Wildman–Crippen MR) is 124 cm³/mol. The maximum atomic E-state index is 12.5. The normalized spacial score (nSPS) is 13.2. The molecule has 0 spiro atoms. The molecule has 5 aromatic rings. The van der Waals surface area contributed by atoms with Crippen LogP contribution in [0, 0.1) is 5.41 Å². The van der Waals surface area contributed by atoms with Crippen molar-refractivity contribution in [2.75, 3.05) is 0 Å². The van der Waals surface area contributed by atoms with Crippen molar-refractivity contribution in [2.45, 2.75) is 20.8 Å². The Hall–Kier alpha value is -3.40. The van der Waals surface area contributed by atoms with Crippen LogP contribution < -0.4 is 5.36 Å². The second-order valence-corrected chi connectivity index (χ2v) is 9.05. The number of fused-ring (bicyclic) bond motifs is 4. The zero-order valence-electron chi connectivity index (χ0n) is 18.0. The summed E-state index contributed by atoms with van der Waals surface area (Å²) in [6.07, 6.45) is 0. The monoisotopic (exact) mass is 395 g/mol. The molecule has 5 rings (SSSR count). The molecular weight excluding hydrogens is 370 g/mol. The fraction of sp³-hybridized carbons (Fsp3) is 0.231. The zero-order chi connectivity index (χ0) is 21.2. The van der Waals surface area contributed by atoms with Crippen molar-refractivity contribution in [1.82, 2.24) is 9.13 Å². The largest absolute Gasteiger partial charge is 0.344 e. The van der Waals surface area contributed by atoms with Gasteiger partial charge in [-0.3, -0.25) is 4.79 Å². The number of carbonyl (C=O) groups excluding carboxylic acids is 1. The highest BCUT2D eigenvalue weighted by Gasteiger charge is 2.20. The van der Waals surface area contributed by atoms with E-state index in [1.807, 2.05) is 32.9 Å². The first-order chi connectivity index (χ1) is 14.3. The van der Waals surface area contributed by atoms with Gasteiger partial charge in [0.25, 0.3) is 5.91 Å². The molecule has 0 saturated heterocycles. The number of rotatable bonds is 0. The average Bonchev–Trinajstić information content (AvgIpc) is 2.72. The number of hydrogen-bond acceptors (Lipinski definition) is 1. The minimum Gasteiger partial charge on any atom is -0.344 e. The molecule has 0 bridgehead atoms. The summed E-state index contributed by atoms with van der Waals surface area (Å²) >= 11 is 0. The smallest absolute Gasteiger partial charge is 0.251 e. The Kier molecular flexibility index (Phi) is 3.91. The first-order valence-electron chi connectivity index (χ1n) is 10.2. The first kappa shape index (κ1) is 18.6. The molecule has 2 heterocycles. The van der Waals surface area contributed by atoms with Crippen molar-refractivity contribution in [1.29, 1.82) is 0 Å². The number of aryl methyl sites for hydroxylation is 2. The maximum Gasteiger partial charge on any atom is 0.251 e. The third kappa shape index (κ3) is 2.60. The average molecular weight is 396 g/mol. The molecular formula is C26H25N3O. The van der Waals surface area contributed by atoms with Crippen LogP contribution in [-0.2, 0) is 18.9 Å². The van der Waals surface area contributed by atoms with Crippen molar-refractivity contribution >= 4 is 49.5 Å². The number of para-hydroxylation sites is 1. The summed E-state index contributed by atoms with van der Waals surface area (Å²) in [5, 5.41) is 5.53. The lowest BCUT2D eigenvalue weighted by molar-refractivity contribution is -0.125. The SMILES string of the molecule is Cn1c2ccccc2c2c3c(cccc31)c1ccc(=NC(=O)C(C)(C)C)cc1n2C. The van der Waals surface area contributed by atoms with Gasteiger partial charge in [-0.1, -0.05) is 57.2 Å². The molecule has 0 aliphatic carbocycles. The van der Waals surface area contributed by atoms with Crippen LogP contribution in [0.15, 0.2) is 65.7 Å². The third-order valence-electron chi connectivity index (χ3n) is 6.00. The molecule has 0 unspecified atom stereocenters. The van der Waals surface area contributed by atoms with Crippen molar-refractivity contribution in [2.24, 2.45) is 24.5 Å². The highest BCUT2D eigenvalue weighted by Crippen LogP contribution is 2.36. The van der Waals surface area contributed by atoms with Gasteiger partial charge in [-0.15, -0.1) is 0 Å². The minimum atomic E-state index is -0.495. The summed E-state index contributed by atoms with van der Waals surface area (Å²) in [6.45, 7) is 5.69. The topological polar surface area (TPSA) is 39.3 Å². The Morgan fingerprint density at radius 3 is 2.23 bits per heavy atom. The lowest BCUT2D eigenvalue weighted by Gasteiger charge is -2.20. The molecule has 0 aliphatic heterocycles. The molecule has 4 heteroatoms. The van der Waals surface area contributed by atoms with Gasteiger partial charge < -0.3 is 9.13 Å². The van der Waals surface area contributed by atoms with Crippen LogP contribution in [0.5, 0.6) is 0 Å². The Labute approximate surface area is 175 Å². The number of hydrogen-bond donors (Lipinski definition) is 0. The Morgan fingerprint density at radius 2 is 1.47 bits per heavy atom. The zero-order valence-corrected chi connectivity index (χ0v) is 18.0. The Balaban J connectivity index is 2.00. The van der Waals surface area contributed by atoms with Gasteiger partial charge in [-0.25, -0.2) is 4.99 Å². The van der Waals surface area contributed by atoms with Crippen LogP contribution in [0.1, 0.15) is 20.8 Å². The summed E-state index contributed by atoms with van der Waals surface area (Å²) in [5.41, 5.74) is 4.16. The van der Waals surface area contributed by atoms with Crippen LogP contribution in [0.3, 0.4) is 0 Å². The lowest BCUT2D eigenvalue weighted by Crippen LogP contribution is -2.20. The van der Waals surface area contributed by atoms with Crippen molar-refractivity contribution in [3.8, 4) is 0 Å². The standard InChI is InChI=1S/C26H25N3O/c1-26(2,3)25(30)27-16-13-14-17-18-10-8-12-21-23(18)24(29(5)22(17)15-16)19-9-6-7-11-20(19)28(21)4/h6-15H,1-5H3. The second kappa shape index (κ2) is 6.30. The van der Waals surface area contributed by atoms with Crippen LogP contribution in [0.2, 0.25) is 0 Å². The van der Waals surface area contributed by atoms with E-state index in [0.717, 1.165) is 10.9 Å². The van der Waals surface area contributed by atoms with Gasteiger partial charge in [0.2, 0.25) is 0 Å². The lowest BCUT2D eigenvalue weighted by atomic mass is 9.96. The Morgan fingerprint density at radius 1 is 0.767 bits per heavy atom. The highest BCUT2D eigenvalue weighted by molar-refractivity contribution is 6.24. The number of nitrogens with zero attached hydrogens (tertiary/aromatic N) is 3. The molecule has 0 radical (unpaired) electrons. The minimum absolute atomic E-state index is 0.110. The molecule has 4 nitrogen and oxygen atoms in total. The predicted octanol–water partition coefficient (Wildman–Crippen LogP) is 5.45. The molecule has 0 aliphatic rings. The molecule has 1 amide bonds. The third-order valence-corrected chi connectivity index (χ3v) is 6.00. The van der Waals surface area contributed by atoms with E-state index in [2.05, 4.69) is 76.8 Å². The summed E-state index contributed by atoms with van der Waals surface area (Å²) in [5.74, 6) is -0.110. The van der Waals surface area contributed by atoms with Crippen molar-refractivity contribution in [3.63, 3.8) is 0 Å². The molecule has 0 N–H and O–H groups in total. The van der Waals surface area contributed by atoms with Crippen molar-refractivity contribution in [3.05, 3.63) is 66.0 Å². The molecule has 0 saturated carbocycles. The Bertz CT molecular complexity index is 1560. The van der Waals surface area contributed by atoms with Gasteiger partial charge in [0.1, 0.15) is 0 Å². The molecule has 2 aromatic heterocycles. The van der Waals surface area contributed by atoms with Crippen LogP contribution >= 0.6 is 0 Å². The van der Waals surface area contributed by atoms with E-state index in [-0.39, 0.29) is 5.91 Å². The maximum absolute atomic E-state index is 12.5. The summed E-state index contributed by atoms with van der Waals surface area (Å²) in [7, 11) is 4.23. The van der Waals surface area contributed by atoms with E-state index in [0.29, 0.717) is 5.36 Å².